The van der Waals surface area contributed by atoms with E-state index in [1.54, 1.807) is 0 Å². The lowest BCUT2D eigenvalue weighted by atomic mass is 9.96. The van der Waals surface area contributed by atoms with E-state index in [1.807, 2.05) is 0 Å². The Morgan fingerprint density at radius 2 is 2.06 bits per heavy atom. The Balaban J connectivity index is 2.01. The third kappa shape index (κ3) is 2.24. The van der Waals surface area contributed by atoms with Gasteiger partial charge in [0.05, 0.1) is 6.04 Å². The van der Waals surface area contributed by atoms with Gasteiger partial charge in [-0.2, -0.15) is 0 Å². The summed E-state index contributed by atoms with van der Waals surface area (Å²) in [5.41, 5.74) is 0.0689. The number of amides is 1. The molecule has 16 heavy (non-hydrogen) atoms. The molecule has 2 saturated heterocycles. The van der Waals surface area contributed by atoms with Gasteiger partial charge in [-0.15, -0.1) is 0 Å². The van der Waals surface area contributed by atoms with Crippen molar-refractivity contribution in [2.24, 2.45) is 0 Å². The second-order valence-corrected chi connectivity index (χ2v) is 5.96. The number of carbonyl (C=O) groups is 1. The summed E-state index contributed by atoms with van der Waals surface area (Å²) in [6.45, 7) is 7.49. The van der Waals surface area contributed by atoms with Crippen LogP contribution in [-0.2, 0) is 4.79 Å². The Hall–Kier alpha value is -0.570. The van der Waals surface area contributed by atoms with Gasteiger partial charge in [-0.05, 0) is 52.9 Å². The fourth-order valence-corrected chi connectivity index (χ4v) is 3.04. The molecule has 92 valence electrons. The lowest BCUT2D eigenvalue weighted by molar-refractivity contribution is -0.137. The normalized spacial score (nSPS) is 34.1. The molecule has 1 N–H and O–H groups in total. The van der Waals surface area contributed by atoms with E-state index in [2.05, 4.69) is 31.0 Å². The van der Waals surface area contributed by atoms with Crippen LogP contribution in [0.4, 0.5) is 0 Å². The van der Waals surface area contributed by atoms with Crippen LogP contribution in [0.25, 0.3) is 0 Å². The highest BCUT2D eigenvalue weighted by molar-refractivity contribution is 5.83. The number of piperidine rings is 1. The first-order chi connectivity index (χ1) is 7.50. The summed E-state index contributed by atoms with van der Waals surface area (Å²) in [5, 5.41) is 3.44. The van der Waals surface area contributed by atoms with E-state index in [4.69, 9.17) is 0 Å². The minimum absolute atomic E-state index is 0.0689. The highest BCUT2D eigenvalue weighted by atomic mass is 16.2. The van der Waals surface area contributed by atoms with Gasteiger partial charge in [-0.3, -0.25) is 4.79 Å². The molecular formula is C13H24N2O. The van der Waals surface area contributed by atoms with Gasteiger partial charge >= 0.3 is 0 Å². The summed E-state index contributed by atoms with van der Waals surface area (Å²) in [7, 11) is 0. The van der Waals surface area contributed by atoms with E-state index in [0.717, 1.165) is 25.8 Å². The predicted molar refractivity (Wildman–Crippen MR) is 65.3 cm³/mol. The summed E-state index contributed by atoms with van der Waals surface area (Å²) < 4.78 is 0. The second kappa shape index (κ2) is 4.36. The first kappa shape index (κ1) is 11.9. The van der Waals surface area contributed by atoms with Crippen molar-refractivity contribution in [1.29, 1.82) is 0 Å². The van der Waals surface area contributed by atoms with Crippen LogP contribution in [-0.4, -0.2) is 35.0 Å². The molecule has 2 heterocycles. The highest BCUT2D eigenvalue weighted by Gasteiger charge is 2.38. The molecule has 0 aromatic heterocycles. The Morgan fingerprint density at radius 3 is 2.62 bits per heavy atom. The summed E-state index contributed by atoms with van der Waals surface area (Å²) in [5.74, 6) is 0.328. The molecule has 2 aliphatic heterocycles. The lowest BCUT2D eigenvalue weighted by Crippen LogP contribution is -2.54. The summed E-state index contributed by atoms with van der Waals surface area (Å²) in [6, 6.07) is 0.564. The Labute approximate surface area is 98.6 Å². The van der Waals surface area contributed by atoms with Crippen LogP contribution in [0.15, 0.2) is 0 Å². The van der Waals surface area contributed by atoms with Gasteiger partial charge in [-0.1, -0.05) is 0 Å². The predicted octanol–water partition coefficient (Wildman–Crippen LogP) is 1.92. The summed E-state index contributed by atoms with van der Waals surface area (Å²) in [6.07, 6.45) is 5.68. The van der Waals surface area contributed by atoms with Crippen molar-refractivity contribution in [3.63, 3.8) is 0 Å². The number of nitrogens with zero attached hydrogens (tertiary/aromatic N) is 1. The lowest BCUT2D eigenvalue weighted by Gasteiger charge is -2.37. The number of nitrogens with one attached hydrogen (secondary N) is 1. The quantitative estimate of drug-likeness (QED) is 0.738. The fraction of sp³-hybridized carbons (Fsp3) is 0.923. The molecule has 2 unspecified atom stereocenters. The van der Waals surface area contributed by atoms with E-state index < -0.39 is 0 Å². The molecule has 2 rings (SSSR count). The van der Waals surface area contributed by atoms with Crippen molar-refractivity contribution < 1.29 is 4.79 Å². The Kier molecular flexibility index (Phi) is 3.24. The average Bonchev–Trinajstić information content (AvgIpc) is 2.57. The number of carbonyl (C=O) groups excluding carboxylic acids is 1. The van der Waals surface area contributed by atoms with Crippen LogP contribution < -0.4 is 5.32 Å². The van der Waals surface area contributed by atoms with Crippen molar-refractivity contribution >= 4 is 5.91 Å². The number of likely N-dealkylation sites (tertiary alicyclic amines) is 1. The first-order valence-corrected chi connectivity index (χ1v) is 6.58. The minimum Gasteiger partial charge on any atom is -0.336 e. The molecule has 3 heteroatoms. The van der Waals surface area contributed by atoms with Crippen molar-refractivity contribution in [3.8, 4) is 0 Å². The van der Waals surface area contributed by atoms with Gasteiger partial charge in [0.15, 0.2) is 0 Å². The Morgan fingerprint density at radius 1 is 1.31 bits per heavy atom. The van der Waals surface area contributed by atoms with E-state index >= 15 is 0 Å². The van der Waals surface area contributed by atoms with Crippen LogP contribution >= 0.6 is 0 Å². The molecule has 3 nitrogen and oxygen atoms in total. The van der Waals surface area contributed by atoms with Gasteiger partial charge < -0.3 is 10.2 Å². The van der Waals surface area contributed by atoms with Crippen LogP contribution in [0.2, 0.25) is 0 Å². The van der Waals surface area contributed by atoms with Crippen LogP contribution in [0.1, 0.15) is 52.9 Å². The molecule has 0 saturated carbocycles. The molecule has 0 bridgehead atoms. The topological polar surface area (TPSA) is 32.3 Å². The maximum atomic E-state index is 12.4. The zero-order valence-corrected chi connectivity index (χ0v) is 10.8. The van der Waals surface area contributed by atoms with Gasteiger partial charge in [0, 0.05) is 18.1 Å². The SMILES string of the molecule is CC1CCCC(C(=O)N2CCCC2(C)C)N1. The van der Waals surface area contributed by atoms with Gasteiger partial charge in [0.2, 0.25) is 5.91 Å². The average molecular weight is 224 g/mol. The summed E-state index contributed by atoms with van der Waals surface area (Å²) in [4.78, 5) is 14.5. The second-order valence-electron chi connectivity index (χ2n) is 5.96. The number of rotatable bonds is 1. The van der Waals surface area contributed by atoms with Crippen molar-refractivity contribution in [2.45, 2.75) is 70.5 Å². The van der Waals surface area contributed by atoms with Crippen LogP contribution in [0, 0.1) is 0 Å². The molecule has 2 aliphatic rings. The standard InChI is InChI=1S/C13H24N2O/c1-10-6-4-7-11(14-10)12(16)15-9-5-8-13(15,2)3/h10-11,14H,4-9H2,1-3H3. The molecular weight excluding hydrogens is 200 g/mol. The molecule has 2 atom stereocenters. The van der Waals surface area contributed by atoms with Crippen molar-refractivity contribution in [1.82, 2.24) is 10.2 Å². The Bertz CT molecular complexity index is 275. The maximum absolute atomic E-state index is 12.4. The molecule has 0 aromatic carbocycles. The molecule has 0 spiro atoms. The third-order valence-electron chi connectivity index (χ3n) is 4.08. The zero-order valence-electron chi connectivity index (χ0n) is 10.8. The van der Waals surface area contributed by atoms with E-state index in [0.29, 0.717) is 11.9 Å². The van der Waals surface area contributed by atoms with Crippen molar-refractivity contribution in [2.75, 3.05) is 6.54 Å². The molecule has 1 amide bonds. The van der Waals surface area contributed by atoms with E-state index in [-0.39, 0.29) is 11.6 Å². The maximum Gasteiger partial charge on any atom is 0.240 e. The minimum atomic E-state index is 0.0689. The molecule has 2 fully saturated rings. The van der Waals surface area contributed by atoms with Gasteiger partial charge in [0.1, 0.15) is 0 Å². The molecule has 0 aromatic rings. The fourth-order valence-electron chi connectivity index (χ4n) is 3.04. The van der Waals surface area contributed by atoms with Crippen LogP contribution in [0.3, 0.4) is 0 Å². The number of hydrogen-bond donors (Lipinski definition) is 1. The van der Waals surface area contributed by atoms with Crippen molar-refractivity contribution in [3.05, 3.63) is 0 Å². The largest absolute Gasteiger partial charge is 0.336 e. The van der Waals surface area contributed by atoms with Gasteiger partial charge in [0.25, 0.3) is 0 Å². The van der Waals surface area contributed by atoms with Gasteiger partial charge in [-0.25, -0.2) is 0 Å². The number of hydrogen-bond acceptors (Lipinski definition) is 2. The molecule has 0 aliphatic carbocycles. The summed E-state index contributed by atoms with van der Waals surface area (Å²) >= 11 is 0. The third-order valence-corrected chi connectivity index (χ3v) is 4.08. The van der Waals surface area contributed by atoms with E-state index in [1.165, 1.54) is 12.8 Å². The highest BCUT2D eigenvalue weighted by Crippen LogP contribution is 2.29. The molecule has 0 radical (unpaired) electrons. The first-order valence-electron chi connectivity index (χ1n) is 6.58. The van der Waals surface area contributed by atoms with E-state index in [9.17, 15) is 4.79 Å². The zero-order chi connectivity index (χ0) is 11.8. The monoisotopic (exact) mass is 224 g/mol. The van der Waals surface area contributed by atoms with Crippen LogP contribution in [0.5, 0.6) is 0 Å². The smallest absolute Gasteiger partial charge is 0.240 e.